The van der Waals surface area contributed by atoms with Crippen LogP contribution >= 0.6 is 0 Å². The first kappa shape index (κ1) is 16.3. The van der Waals surface area contributed by atoms with E-state index in [0.29, 0.717) is 5.92 Å². The van der Waals surface area contributed by atoms with Gasteiger partial charge in [0.15, 0.2) is 0 Å². The van der Waals surface area contributed by atoms with Gasteiger partial charge in [-0.2, -0.15) is 0 Å². The van der Waals surface area contributed by atoms with Gasteiger partial charge < -0.3 is 10.0 Å². The number of rotatable bonds is 6. The highest BCUT2D eigenvalue weighted by atomic mass is 16.3. The first-order chi connectivity index (χ1) is 10.1. The van der Waals surface area contributed by atoms with Crippen molar-refractivity contribution in [2.24, 2.45) is 5.92 Å². The fourth-order valence-corrected chi connectivity index (χ4v) is 3.25. The van der Waals surface area contributed by atoms with Gasteiger partial charge in [-0.05, 0) is 70.3 Å². The van der Waals surface area contributed by atoms with Gasteiger partial charge in [-0.15, -0.1) is 0 Å². The molecule has 1 saturated heterocycles. The molecular weight excluding hydrogens is 260 g/mol. The number of aliphatic hydroxyl groups is 1. The molecule has 1 aliphatic rings. The maximum Gasteiger partial charge on any atom is 0.0541 e. The molecule has 0 bridgehead atoms. The second kappa shape index (κ2) is 7.81. The van der Waals surface area contributed by atoms with Gasteiger partial charge in [0.1, 0.15) is 0 Å². The summed E-state index contributed by atoms with van der Waals surface area (Å²) in [6.45, 7) is 11.7. The molecule has 0 amide bonds. The quantitative estimate of drug-likeness (QED) is 0.872. The van der Waals surface area contributed by atoms with Crippen molar-refractivity contribution in [3.8, 4) is 0 Å². The lowest BCUT2D eigenvalue weighted by molar-refractivity contribution is 0.0695. The molecule has 1 atom stereocenters. The number of benzene rings is 1. The zero-order chi connectivity index (χ0) is 15.2. The van der Waals surface area contributed by atoms with Gasteiger partial charge in [0.05, 0.1) is 6.10 Å². The topological polar surface area (TPSA) is 26.7 Å². The van der Waals surface area contributed by atoms with Gasteiger partial charge in [0.25, 0.3) is 0 Å². The molecule has 0 aliphatic carbocycles. The van der Waals surface area contributed by atoms with Crippen molar-refractivity contribution < 1.29 is 5.11 Å². The molecule has 0 saturated carbocycles. The van der Waals surface area contributed by atoms with Crippen LogP contribution in [-0.4, -0.2) is 42.3 Å². The van der Waals surface area contributed by atoms with E-state index in [1.165, 1.54) is 11.3 Å². The number of anilines is 1. The summed E-state index contributed by atoms with van der Waals surface area (Å²) in [5.74, 6) is 0.492. The van der Waals surface area contributed by atoms with E-state index in [0.717, 1.165) is 45.6 Å². The van der Waals surface area contributed by atoms with Crippen molar-refractivity contribution in [2.75, 3.05) is 31.1 Å². The standard InChI is InChI=1S/C18H30N2O/c1-4-20(5-2)18-8-6-16(7-9-18)14-19-12-10-17(11-13-19)15(3)21/h6-9,15,17,21H,4-5,10-14H2,1-3H3. The number of hydrogen-bond donors (Lipinski definition) is 1. The Morgan fingerprint density at radius 3 is 2.19 bits per heavy atom. The van der Waals surface area contributed by atoms with E-state index in [1.54, 1.807) is 0 Å². The van der Waals surface area contributed by atoms with Crippen molar-refractivity contribution in [3.05, 3.63) is 29.8 Å². The average molecular weight is 290 g/mol. The zero-order valence-corrected chi connectivity index (χ0v) is 13.8. The summed E-state index contributed by atoms with van der Waals surface area (Å²) >= 11 is 0. The minimum atomic E-state index is -0.152. The van der Waals surface area contributed by atoms with Crippen LogP contribution in [0.3, 0.4) is 0 Å². The smallest absolute Gasteiger partial charge is 0.0541 e. The Morgan fingerprint density at radius 1 is 1.14 bits per heavy atom. The van der Waals surface area contributed by atoms with E-state index in [4.69, 9.17) is 0 Å². The Kier molecular flexibility index (Phi) is 6.07. The van der Waals surface area contributed by atoms with E-state index >= 15 is 0 Å². The fraction of sp³-hybridized carbons (Fsp3) is 0.667. The molecule has 1 unspecified atom stereocenters. The first-order valence-corrected chi connectivity index (χ1v) is 8.38. The van der Waals surface area contributed by atoms with Gasteiger partial charge in [0.2, 0.25) is 0 Å². The van der Waals surface area contributed by atoms with Crippen molar-refractivity contribution >= 4 is 5.69 Å². The normalized spacial score (nSPS) is 18.7. The van der Waals surface area contributed by atoms with E-state index in [-0.39, 0.29) is 6.10 Å². The highest BCUT2D eigenvalue weighted by molar-refractivity contribution is 5.47. The number of piperidine rings is 1. The predicted octanol–water partition coefficient (Wildman–Crippen LogP) is 3.13. The molecule has 0 spiro atoms. The molecule has 21 heavy (non-hydrogen) atoms. The van der Waals surface area contributed by atoms with E-state index in [2.05, 4.69) is 47.9 Å². The average Bonchev–Trinajstić information content (AvgIpc) is 2.51. The monoisotopic (exact) mass is 290 g/mol. The highest BCUT2D eigenvalue weighted by Crippen LogP contribution is 2.22. The summed E-state index contributed by atoms with van der Waals surface area (Å²) in [5.41, 5.74) is 2.71. The third-order valence-corrected chi connectivity index (χ3v) is 4.79. The van der Waals surface area contributed by atoms with Gasteiger partial charge in [-0.3, -0.25) is 4.90 Å². The van der Waals surface area contributed by atoms with Gasteiger partial charge in [-0.25, -0.2) is 0 Å². The summed E-state index contributed by atoms with van der Waals surface area (Å²) in [4.78, 5) is 4.88. The van der Waals surface area contributed by atoms with Crippen LogP contribution in [0.1, 0.15) is 39.2 Å². The molecule has 1 aromatic rings. The third-order valence-electron chi connectivity index (χ3n) is 4.79. The Hall–Kier alpha value is -1.06. The van der Waals surface area contributed by atoms with Crippen LogP contribution in [-0.2, 0) is 6.54 Å². The van der Waals surface area contributed by atoms with Gasteiger partial charge >= 0.3 is 0 Å². The lowest BCUT2D eigenvalue weighted by atomic mass is 9.92. The Bertz CT molecular complexity index is 404. The number of nitrogens with zero attached hydrogens (tertiary/aromatic N) is 2. The maximum absolute atomic E-state index is 9.66. The minimum absolute atomic E-state index is 0.152. The second-order valence-electron chi connectivity index (χ2n) is 6.19. The molecule has 3 heteroatoms. The Balaban J connectivity index is 1.87. The molecule has 1 heterocycles. The first-order valence-electron chi connectivity index (χ1n) is 8.38. The van der Waals surface area contributed by atoms with Crippen LogP contribution in [0.5, 0.6) is 0 Å². The summed E-state index contributed by atoms with van der Waals surface area (Å²) in [7, 11) is 0. The van der Waals surface area contributed by atoms with Crippen molar-refractivity contribution in [3.63, 3.8) is 0 Å². The molecule has 0 radical (unpaired) electrons. The van der Waals surface area contributed by atoms with Crippen molar-refractivity contribution in [1.82, 2.24) is 4.90 Å². The molecule has 1 aromatic carbocycles. The van der Waals surface area contributed by atoms with Crippen LogP contribution in [0.2, 0.25) is 0 Å². The molecule has 3 nitrogen and oxygen atoms in total. The Labute approximate surface area is 129 Å². The van der Waals surface area contributed by atoms with Crippen LogP contribution < -0.4 is 4.90 Å². The summed E-state index contributed by atoms with van der Waals surface area (Å²) in [6, 6.07) is 9.00. The number of aliphatic hydroxyl groups excluding tert-OH is 1. The minimum Gasteiger partial charge on any atom is -0.393 e. The van der Waals surface area contributed by atoms with E-state index in [1.807, 2.05) is 6.92 Å². The predicted molar refractivity (Wildman–Crippen MR) is 89.7 cm³/mol. The van der Waals surface area contributed by atoms with Gasteiger partial charge in [0, 0.05) is 25.3 Å². The van der Waals surface area contributed by atoms with Crippen LogP contribution in [0.25, 0.3) is 0 Å². The van der Waals surface area contributed by atoms with Crippen LogP contribution in [0.4, 0.5) is 5.69 Å². The summed E-state index contributed by atoms with van der Waals surface area (Å²) < 4.78 is 0. The van der Waals surface area contributed by atoms with E-state index < -0.39 is 0 Å². The Morgan fingerprint density at radius 2 is 1.71 bits per heavy atom. The third kappa shape index (κ3) is 4.45. The maximum atomic E-state index is 9.66. The number of likely N-dealkylation sites (tertiary alicyclic amines) is 1. The lowest BCUT2D eigenvalue weighted by Crippen LogP contribution is -2.36. The SMILES string of the molecule is CCN(CC)c1ccc(CN2CCC(C(C)O)CC2)cc1. The summed E-state index contributed by atoms with van der Waals surface area (Å²) in [5, 5.41) is 9.66. The van der Waals surface area contributed by atoms with Gasteiger partial charge in [-0.1, -0.05) is 12.1 Å². The molecule has 0 aromatic heterocycles. The van der Waals surface area contributed by atoms with Crippen molar-refractivity contribution in [2.45, 2.75) is 46.3 Å². The molecule has 1 N–H and O–H groups in total. The largest absolute Gasteiger partial charge is 0.393 e. The molecule has 1 fully saturated rings. The lowest BCUT2D eigenvalue weighted by Gasteiger charge is -2.33. The summed E-state index contributed by atoms with van der Waals surface area (Å²) in [6.07, 6.45) is 2.09. The molecule has 2 rings (SSSR count). The fourth-order valence-electron chi connectivity index (χ4n) is 3.25. The van der Waals surface area contributed by atoms with E-state index in [9.17, 15) is 5.11 Å². The molecular formula is C18H30N2O. The second-order valence-corrected chi connectivity index (χ2v) is 6.19. The van der Waals surface area contributed by atoms with Crippen molar-refractivity contribution in [1.29, 1.82) is 0 Å². The number of hydrogen-bond acceptors (Lipinski definition) is 3. The zero-order valence-electron chi connectivity index (χ0n) is 13.8. The van der Waals surface area contributed by atoms with Crippen LogP contribution in [0, 0.1) is 5.92 Å². The van der Waals surface area contributed by atoms with Crippen LogP contribution in [0.15, 0.2) is 24.3 Å². The molecule has 1 aliphatic heterocycles. The molecule has 118 valence electrons. The highest BCUT2D eigenvalue weighted by Gasteiger charge is 2.22.